The lowest BCUT2D eigenvalue weighted by Crippen LogP contribution is -2.25. The number of sulfonamides is 1. The molecular formula is C11H14N2O3S3. The Morgan fingerprint density at radius 3 is 2.95 bits per heavy atom. The van der Waals surface area contributed by atoms with Gasteiger partial charge >= 0.3 is 0 Å². The standard InChI is InChI=1S/C11H14N2O3S3/c1-16-7-10-13-9(8-18-10)4-5-12-19(14,15)11-3-2-6-17-11/h2-3,6,8,12H,4-5,7H2,1H3. The van der Waals surface area contributed by atoms with Crippen molar-refractivity contribution in [2.45, 2.75) is 17.2 Å². The van der Waals surface area contributed by atoms with Gasteiger partial charge in [0.15, 0.2) is 0 Å². The predicted octanol–water partition coefficient (Wildman–Crippen LogP) is 1.87. The van der Waals surface area contributed by atoms with E-state index in [4.69, 9.17) is 4.74 Å². The lowest BCUT2D eigenvalue weighted by atomic mass is 10.3. The molecule has 5 nitrogen and oxygen atoms in total. The van der Waals surface area contributed by atoms with Crippen LogP contribution in [0.5, 0.6) is 0 Å². The summed E-state index contributed by atoms with van der Waals surface area (Å²) >= 11 is 2.72. The van der Waals surface area contributed by atoms with Crippen molar-refractivity contribution in [3.05, 3.63) is 33.6 Å². The molecule has 0 amide bonds. The van der Waals surface area contributed by atoms with Crippen LogP contribution in [0.1, 0.15) is 10.7 Å². The maximum Gasteiger partial charge on any atom is 0.250 e. The van der Waals surface area contributed by atoms with Gasteiger partial charge in [-0.25, -0.2) is 18.1 Å². The molecule has 0 atom stereocenters. The van der Waals surface area contributed by atoms with Gasteiger partial charge in [0.05, 0.1) is 12.3 Å². The van der Waals surface area contributed by atoms with Gasteiger partial charge in [-0.1, -0.05) is 6.07 Å². The molecule has 0 radical (unpaired) electrons. The van der Waals surface area contributed by atoms with Crippen molar-refractivity contribution in [2.75, 3.05) is 13.7 Å². The Labute approximate surface area is 120 Å². The maximum absolute atomic E-state index is 11.9. The largest absolute Gasteiger partial charge is 0.378 e. The van der Waals surface area contributed by atoms with Crippen LogP contribution in [0.25, 0.3) is 0 Å². The molecule has 1 N–H and O–H groups in total. The molecule has 19 heavy (non-hydrogen) atoms. The second-order valence-electron chi connectivity index (χ2n) is 3.75. The van der Waals surface area contributed by atoms with E-state index in [2.05, 4.69) is 9.71 Å². The predicted molar refractivity (Wildman–Crippen MR) is 76.0 cm³/mol. The normalized spacial score (nSPS) is 11.8. The van der Waals surface area contributed by atoms with Crippen molar-refractivity contribution in [2.24, 2.45) is 0 Å². The fourth-order valence-corrected chi connectivity index (χ4v) is 4.32. The molecule has 8 heteroatoms. The van der Waals surface area contributed by atoms with E-state index in [1.807, 2.05) is 5.38 Å². The first kappa shape index (κ1) is 14.6. The number of ether oxygens (including phenoxy) is 1. The lowest BCUT2D eigenvalue weighted by molar-refractivity contribution is 0.184. The summed E-state index contributed by atoms with van der Waals surface area (Å²) < 4.78 is 31.6. The summed E-state index contributed by atoms with van der Waals surface area (Å²) in [5.74, 6) is 0. The van der Waals surface area contributed by atoms with Crippen LogP contribution in [-0.2, 0) is 27.8 Å². The fraction of sp³-hybridized carbons (Fsp3) is 0.364. The summed E-state index contributed by atoms with van der Waals surface area (Å²) in [6.07, 6.45) is 0.574. The van der Waals surface area contributed by atoms with Crippen molar-refractivity contribution in [3.63, 3.8) is 0 Å². The number of thiophene rings is 1. The van der Waals surface area contributed by atoms with E-state index in [1.54, 1.807) is 24.6 Å². The summed E-state index contributed by atoms with van der Waals surface area (Å²) in [6, 6.07) is 3.31. The van der Waals surface area contributed by atoms with Crippen LogP contribution in [0.4, 0.5) is 0 Å². The van der Waals surface area contributed by atoms with Gasteiger partial charge in [0.2, 0.25) is 10.0 Å². The Kier molecular flexibility index (Phi) is 5.06. The number of hydrogen-bond acceptors (Lipinski definition) is 6. The van der Waals surface area contributed by atoms with Crippen molar-refractivity contribution in [1.29, 1.82) is 0 Å². The second-order valence-corrected chi connectivity index (χ2v) is 7.63. The van der Waals surface area contributed by atoms with Crippen LogP contribution in [-0.4, -0.2) is 27.1 Å². The van der Waals surface area contributed by atoms with Crippen molar-refractivity contribution in [3.8, 4) is 0 Å². The quantitative estimate of drug-likeness (QED) is 0.846. The Hall–Kier alpha value is -0.800. The van der Waals surface area contributed by atoms with Crippen molar-refractivity contribution < 1.29 is 13.2 Å². The van der Waals surface area contributed by atoms with E-state index in [-0.39, 0.29) is 0 Å². The number of aromatic nitrogens is 1. The summed E-state index contributed by atoms with van der Waals surface area (Å²) in [6.45, 7) is 0.835. The van der Waals surface area contributed by atoms with E-state index in [1.165, 1.54) is 22.7 Å². The van der Waals surface area contributed by atoms with Crippen LogP contribution in [0, 0.1) is 0 Å². The highest BCUT2D eigenvalue weighted by Crippen LogP contribution is 2.15. The summed E-state index contributed by atoms with van der Waals surface area (Å²) in [5, 5.41) is 4.57. The van der Waals surface area contributed by atoms with E-state index >= 15 is 0 Å². The lowest BCUT2D eigenvalue weighted by Gasteiger charge is -2.02. The number of nitrogens with one attached hydrogen (secondary N) is 1. The van der Waals surface area contributed by atoms with E-state index in [0.717, 1.165) is 10.7 Å². The van der Waals surface area contributed by atoms with E-state index < -0.39 is 10.0 Å². The average molecular weight is 318 g/mol. The fourth-order valence-electron chi connectivity index (χ4n) is 1.45. The molecule has 2 aromatic rings. The smallest absolute Gasteiger partial charge is 0.250 e. The highest BCUT2D eigenvalue weighted by molar-refractivity contribution is 7.91. The van der Waals surface area contributed by atoms with Crippen LogP contribution in [0.3, 0.4) is 0 Å². The van der Waals surface area contributed by atoms with E-state index in [9.17, 15) is 8.42 Å². The maximum atomic E-state index is 11.9. The number of thiazole rings is 1. The van der Waals surface area contributed by atoms with Crippen molar-refractivity contribution >= 4 is 32.7 Å². The molecule has 2 aromatic heterocycles. The first-order valence-electron chi connectivity index (χ1n) is 5.57. The van der Waals surface area contributed by atoms with Gasteiger partial charge in [0, 0.05) is 25.5 Å². The summed E-state index contributed by atoms with van der Waals surface area (Å²) in [5.41, 5.74) is 0.880. The molecule has 0 unspecified atom stereocenters. The van der Waals surface area contributed by atoms with Gasteiger partial charge in [0.25, 0.3) is 0 Å². The molecule has 0 aliphatic carbocycles. The molecule has 2 rings (SSSR count). The van der Waals surface area contributed by atoms with Crippen LogP contribution >= 0.6 is 22.7 Å². The minimum absolute atomic E-state index is 0.339. The number of hydrogen-bond donors (Lipinski definition) is 1. The molecular weight excluding hydrogens is 304 g/mol. The Bertz CT molecular complexity index is 605. The van der Waals surface area contributed by atoms with E-state index in [0.29, 0.717) is 23.8 Å². The number of nitrogens with zero attached hydrogens (tertiary/aromatic N) is 1. The number of rotatable bonds is 7. The van der Waals surface area contributed by atoms with Gasteiger partial charge < -0.3 is 4.74 Å². The zero-order chi connectivity index (χ0) is 13.7. The summed E-state index contributed by atoms with van der Waals surface area (Å²) in [7, 11) is -1.75. The third-order valence-corrected chi connectivity index (χ3v) is 6.03. The Balaban J connectivity index is 1.86. The highest BCUT2D eigenvalue weighted by Gasteiger charge is 2.14. The molecule has 0 aromatic carbocycles. The molecule has 0 saturated carbocycles. The number of methoxy groups -OCH3 is 1. The molecule has 0 spiro atoms. The highest BCUT2D eigenvalue weighted by atomic mass is 32.2. The second kappa shape index (κ2) is 6.58. The molecule has 0 fully saturated rings. The van der Waals surface area contributed by atoms with Gasteiger partial charge in [-0.05, 0) is 11.4 Å². The zero-order valence-electron chi connectivity index (χ0n) is 10.3. The third-order valence-electron chi connectivity index (χ3n) is 2.30. The molecule has 0 aliphatic rings. The van der Waals surface area contributed by atoms with Crippen LogP contribution in [0.2, 0.25) is 0 Å². The zero-order valence-corrected chi connectivity index (χ0v) is 12.8. The minimum atomic E-state index is -3.37. The molecule has 0 aliphatic heterocycles. The molecule has 104 valence electrons. The molecule has 0 bridgehead atoms. The average Bonchev–Trinajstić information content (AvgIpc) is 3.00. The first-order chi connectivity index (χ1) is 9.12. The minimum Gasteiger partial charge on any atom is -0.378 e. The Morgan fingerprint density at radius 1 is 1.42 bits per heavy atom. The Morgan fingerprint density at radius 2 is 2.26 bits per heavy atom. The third kappa shape index (κ3) is 4.08. The topological polar surface area (TPSA) is 68.3 Å². The molecule has 0 saturated heterocycles. The molecule has 2 heterocycles. The van der Waals surface area contributed by atoms with Gasteiger partial charge in [-0.2, -0.15) is 0 Å². The van der Waals surface area contributed by atoms with Crippen molar-refractivity contribution in [1.82, 2.24) is 9.71 Å². The van der Waals surface area contributed by atoms with Gasteiger partial charge in [-0.3, -0.25) is 0 Å². The van der Waals surface area contributed by atoms with Crippen LogP contribution in [0.15, 0.2) is 27.1 Å². The SMILES string of the molecule is COCc1nc(CCNS(=O)(=O)c2cccs2)cs1. The van der Waals surface area contributed by atoms with Gasteiger partial charge in [0.1, 0.15) is 9.22 Å². The van der Waals surface area contributed by atoms with Gasteiger partial charge in [-0.15, -0.1) is 22.7 Å². The van der Waals surface area contributed by atoms with Crippen LogP contribution < -0.4 is 4.72 Å². The first-order valence-corrected chi connectivity index (χ1v) is 8.81. The summed E-state index contributed by atoms with van der Waals surface area (Å²) in [4.78, 5) is 4.34. The monoisotopic (exact) mass is 318 g/mol.